The van der Waals surface area contributed by atoms with Crippen LogP contribution in [-0.2, 0) is 4.79 Å². The van der Waals surface area contributed by atoms with Crippen LogP contribution in [0.2, 0.25) is 0 Å². The Labute approximate surface area is 113 Å². The van der Waals surface area contributed by atoms with Crippen molar-refractivity contribution < 1.29 is 14.7 Å². The number of piperidine rings is 1. The van der Waals surface area contributed by atoms with Crippen molar-refractivity contribution in [2.45, 2.75) is 12.8 Å². The van der Waals surface area contributed by atoms with Gasteiger partial charge in [0.2, 0.25) is 0 Å². The number of hydrogen-bond acceptors (Lipinski definition) is 3. The third kappa shape index (κ3) is 3.49. The Morgan fingerprint density at radius 2 is 1.78 bits per heavy atom. The molecule has 7 heteroatoms. The van der Waals surface area contributed by atoms with Gasteiger partial charge < -0.3 is 20.2 Å². The van der Waals surface area contributed by atoms with E-state index in [1.807, 2.05) is 0 Å². The molecule has 0 spiro atoms. The third-order valence-electron chi connectivity index (χ3n) is 3.43. The molecule has 0 radical (unpaired) electrons. The summed E-state index contributed by atoms with van der Waals surface area (Å²) in [6.07, 6.45) is 1.47. The van der Waals surface area contributed by atoms with Gasteiger partial charge in [0.1, 0.15) is 0 Å². The third-order valence-corrected chi connectivity index (χ3v) is 3.43. The summed E-state index contributed by atoms with van der Waals surface area (Å²) in [7, 11) is 0. The van der Waals surface area contributed by atoms with E-state index in [4.69, 9.17) is 5.11 Å². The summed E-state index contributed by atoms with van der Waals surface area (Å²) in [4.78, 5) is 26.6. The minimum Gasteiger partial charge on any atom is -0.481 e. The number of amides is 2. The fourth-order valence-electron chi connectivity index (χ4n) is 2.41. The second kappa shape index (κ2) is 6.80. The topological polar surface area (TPSA) is 72.9 Å². The summed E-state index contributed by atoms with van der Waals surface area (Å²) in [5.41, 5.74) is 0. The van der Waals surface area contributed by atoms with Crippen LogP contribution in [0.5, 0.6) is 0 Å². The molecular formula is C11H20ClN3O3. The largest absolute Gasteiger partial charge is 0.481 e. The zero-order chi connectivity index (χ0) is 12.3. The molecule has 18 heavy (non-hydrogen) atoms. The molecule has 0 aromatic heterocycles. The van der Waals surface area contributed by atoms with Crippen molar-refractivity contribution in [2.24, 2.45) is 5.92 Å². The Morgan fingerprint density at radius 1 is 1.11 bits per heavy atom. The Bertz CT molecular complexity index is 308. The molecule has 2 rings (SSSR count). The second-order valence-electron chi connectivity index (χ2n) is 4.64. The summed E-state index contributed by atoms with van der Waals surface area (Å²) in [5, 5.41) is 12.2. The molecule has 104 valence electrons. The van der Waals surface area contributed by atoms with Crippen LogP contribution in [0.4, 0.5) is 4.79 Å². The first-order valence-electron chi connectivity index (χ1n) is 6.16. The first-order chi connectivity index (χ1) is 8.18. The molecule has 2 aliphatic heterocycles. The first-order valence-corrected chi connectivity index (χ1v) is 6.16. The van der Waals surface area contributed by atoms with Gasteiger partial charge in [-0.1, -0.05) is 0 Å². The molecule has 0 unspecified atom stereocenters. The molecule has 0 saturated carbocycles. The van der Waals surface area contributed by atoms with E-state index < -0.39 is 11.9 Å². The Hall–Kier alpha value is -1.01. The summed E-state index contributed by atoms with van der Waals surface area (Å²) >= 11 is 0. The zero-order valence-electron chi connectivity index (χ0n) is 10.3. The van der Waals surface area contributed by atoms with E-state index in [9.17, 15) is 9.59 Å². The van der Waals surface area contributed by atoms with Crippen molar-refractivity contribution in [1.29, 1.82) is 0 Å². The van der Waals surface area contributed by atoms with E-state index in [1.54, 1.807) is 9.80 Å². The fraction of sp³-hybridized carbons (Fsp3) is 0.818. The van der Waals surface area contributed by atoms with E-state index in [0.717, 1.165) is 19.5 Å². The number of hydrogen-bond donors (Lipinski definition) is 2. The SMILES string of the molecule is Cl.O=C(O)[C@H]1CCCN(C(=O)N2CCNCC2)C1. The summed E-state index contributed by atoms with van der Waals surface area (Å²) in [6, 6.07) is -0.00236. The molecule has 2 fully saturated rings. The number of halogens is 1. The van der Waals surface area contributed by atoms with Gasteiger partial charge in [0.05, 0.1) is 5.92 Å². The lowest BCUT2D eigenvalue weighted by Gasteiger charge is -2.36. The predicted octanol–water partition coefficient (Wildman–Crippen LogP) is 0.230. The number of piperazine rings is 1. The van der Waals surface area contributed by atoms with Crippen LogP contribution in [0.25, 0.3) is 0 Å². The Balaban J connectivity index is 0.00000162. The number of carboxylic acids is 1. The van der Waals surface area contributed by atoms with Crippen LogP contribution in [-0.4, -0.2) is 66.2 Å². The molecule has 0 aromatic carbocycles. The molecule has 2 N–H and O–H groups in total. The van der Waals surface area contributed by atoms with E-state index in [-0.39, 0.29) is 18.4 Å². The lowest BCUT2D eigenvalue weighted by molar-refractivity contribution is -0.143. The maximum atomic E-state index is 12.2. The van der Waals surface area contributed by atoms with Gasteiger partial charge in [-0.05, 0) is 12.8 Å². The molecule has 1 atom stereocenters. The highest BCUT2D eigenvalue weighted by molar-refractivity contribution is 5.85. The van der Waals surface area contributed by atoms with Gasteiger partial charge in [-0.25, -0.2) is 4.79 Å². The molecule has 2 aliphatic rings. The smallest absolute Gasteiger partial charge is 0.320 e. The van der Waals surface area contributed by atoms with Gasteiger partial charge in [0, 0.05) is 39.3 Å². The quantitative estimate of drug-likeness (QED) is 0.720. The number of carbonyl (C=O) groups is 2. The fourth-order valence-corrected chi connectivity index (χ4v) is 2.41. The number of rotatable bonds is 1. The number of carboxylic acid groups (broad SMARTS) is 1. The van der Waals surface area contributed by atoms with Crippen molar-refractivity contribution in [2.75, 3.05) is 39.3 Å². The van der Waals surface area contributed by atoms with Crippen LogP contribution in [0, 0.1) is 5.92 Å². The van der Waals surface area contributed by atoms with Gasteiger partial charge in [0.15, 0.2) is 0 Å². The predicted molar refractivity (Wildman–Crippen MR) is 69.0 cm³/mol. The van der Waals surface area contributed by atoms with Crippen molar-refractivity contribution in [3.05, 3.63) is 0 Å². The van der Waals surface area contributed by atoms with E-state index in [0.29, 0.717) is 32.6 Å². The zero-order valence-corrected chi connectivity index (χ0v) is 11.1. The minimum atomic E-state index is -0.789. The molecule has 2 heterocycles. The molecule has 2 saturated heterocycles. The number of likely N-dealkylation sites (tertiary alicyclic amines) is 1. The van der Waals surface area contributed by atoms with Crippen LogP contribution in [0.15, 0.2) is 0 Å². The lowest BCUT2D eigenvalue weighted by atomic mass is 9.98. The maximum Gasteiger partial charge on any atom is 0.320 e. The number of nitrogens with zero attached hydrogens (tertiary/aromatic N) is 2. The number of urea groups is 1. The van der Waals surface area contributed by atoms with Gasteiger partial charge >= 0.3 is 12.0 Å². The number of carbonyl (C=O) groups excluding carboxylic acids is 1. The average molecular weight is 278 g/mol. The highest BCUT2D eigenvalue weighted by Gasteiger charge is 2.30. The van der Waals surface area contributed by atoms with Gasteiger partial charge in [0.25, 0.3) is 0 Å². The number of aliphatic carboxylic acids is 1. The van der Waals surface area contributed by atoms with Crippen molar-refractivity contribution >= 4 is 24.4 Å². The molecular weight excluding hydrogens is 258 g/mol. The standard InChI is InChI=1S/C11H19N3O3.ClH/c15-10(16)9-2-1-5-14(8-9)11(17)13-6-3-12-4-7-13;/h9,12H,1-8H2,(H,15,16);1H/t9-;/m0./s1. The Kier molecular flexibility index (Phi) is 5.68. The summed E-state index contributed by atoms with van der Waals surface area (Å²) in [6.45, 7) is 4.12. The molecule has 6 nitrogen and oxygen atoms in total. The summed E-state index contributed by atoms with van der Waals surface area (Å²) < 4.78 is 0. The number of nitrogens with one attached hydrogen (secondary N) is 1. The van der Waals surface area contributed by atoms with Crippen LogP contribution < -0.4 is 5.32 Å². The first kappa shape index (κ1) is 15.0. The highest BCUT2D eigenvalue weighted by atomic mass is 35.5. The normalized spacial score (nSPS) is 24.3. The van der Waals surface area contributed by atoms with Crippen molar-refractivity contribution in [3.63, 3.8) is 0 Å². The van der Waals surface area contributed by atoms with Crippen LogP contribution in [0.3, 0.4) is 0 Å². The van der Waals surface area contributed by atoms with Gasteiger partial charge in [-0.2, -0.15) is 0 Å². The van der Waals surface area contributed by atoms with E-state index in [2.05, 4.69) is 5.32 Å². The van der Waals surface area contributed by atoms with Gasteiger partial charge in [-0.3, -0.25) is 4.79 Å². The van der Waals surface area contributed by atoms with E-state index in [1.165, 1.54) is 0 Å². The molecule has 0 aromatic rings. The maximum absolute atomic E-state index is 12.2. The lowest BCUT2D eigenvalue weighted by Crippen LogP contribution is -2.54. The monoisotopic (exact) mass is 277 g/mol. The highest BCUT2D eigenvalue weighted by Crippen LogP contribution is 2.18. The van der Waals surface area contributed by atoms with Crippen LogP contribution >= 0.6 is 12.4 Å². The van der Waals surface area contributed by atoms with Crippen molar-refractivity contribution in [3.8, 4) is 0 Å². The molecule has 0 aliphatic carbocycles. The van der Waals surface area contributed by atoms with E-state index >= 15 is 0 Å². The molecule has 2 amide bonds. The van der Waals surface area contributed by atoms with Gasteiger partial charge in [-0.15, -0.1) is 12.4 Å². The average Bonchev–Trinajstić information content (AvgIpc) is 2.39. The summed E-state index contributed by atoms with van der Waals surface area (Å²) in [5.74, 6) is -1.18. The Morgan fingerprint density at radius 3 is 2.39 bits per heavy atom. The second-order valence-corrected chi connectivity index (χ2v) is 4.64. The van der Waals surface area contributed by atoms with Crippen LogP contribution in [0.1, 0.15) is 12.8 Å². The van der Waals surface area contributed by atoms with Crippen molar-refractivity contribution in [1.82, 2.24) is 15.1 Å². The minimum absolute atomic E-state index is 0. The molecule has 0 bridgehead atoms.